The quantitative estimate of drug-likeness (QED) is 0.501. The lowest BCUT2D eigenvalue weighted by Gasteiger charge is -2.34. The summed E-state index contributed by atoms with van der Waals surface area (Å²) in [6.45, 7) is 3.90. The molecule has 0 fully saturated rings. The second-order valence-corrected chi connectivity index (χ2v) is 8.87. The minimum atomic E-state index is -1.10. The van der Waals surface area contributed by atoms with Crippen LogP contribution in [-0.4, -0.2) is 24.7 Å². The minimum absolute atomic E-state index is 0.166. The number of esters is 1. The zero-order valence-electron chi connectivity index (χ0n) is 19.4. The highest BCUT2D eigenvalue weighted by molar-refractivity contribution is 6.22. The van der Waals surface area contributed by atoms with Gasteiger partial charge in [0.15, 0.2) is 0 Å². The molecule has 0 aromatic heterocycles. The first-order valence-corrected chi connectivity index (χ1v) is 11.3. The number of carbonyl (C=O) groups excluding carboxylic acids is 2. The van der Waals surface area contributed by atoms with E-state index in [-0.39, 0.29) is 17.7 Å². The molecule has 1 amide bonds. The van der Waals surface area contributed by atoms with E-state index < -0.39 is 11.4 Å². The van der Waals surface area contributed by atoms with Crippen LogP contribution in [0, 0.1) is 12.3 Å². The second kappa shape index (κ2) is 8.41. The maximum Gasteiger partial charge on any atom is 0.334 e. The first-order valence-electron chi connectivity index (χ1n) is 11.3. The Labute approximate surface area is 199 Å². The predicted molar refractivity (Wildman–Crippen MR) is 133 cm³/mol. The van der Waals surface area contributed by atoms with Crippen LogP contribution in [0.1, 0.15) is 35.4 Å². The molecule has 1 aliphatic carbocycles. The maximum absolute atomic E-state index is 14.2. The number of aryl methyl sites for hydroxylation is 1. The molecule has 2 aliphatic rings. The summed E-state index contributed by atoms with van der Waals surface area (Å²) in [6.07, 6.45) is 1.81. The van der Waals surface area contributed by atoms with Crippen molar-refractivity contribution in [1.29, 1.82) is 0 Å². The van der Waals surface area contributed by atoms with Gasteiger partial charge < -0.3 is 4.74 Å². The van der Waals surface area contributed by atoms with Crippen LogP contribution in [0.15, 0.2) is 102 Å². The number of ether oxygens (including phenoxy) is 1. The summed E-state index contributed by atoms with van der Waals surface area (Å²) in [4.78, 5) is 27.3. The van der Waals surface area contributed by atoms with Gasteiger partial charge in [-0.15, -0.1) is 0 Å². The van der Waals surface area contributed by atoms with E-state index in [0.717, 1.165) is 16.7 Å². The number of rotatable bonds is 4. The normalized spacial score (nSPS) is 23.7. The minimum Gasteiger partial charge on any atom is -0.466 e. The average Bonchev–Trinajstić information content (AvgIpc) is 3.36. The molecule has 0 saturated carbocycles. The number of anilines is 1. The molecule has 1 aliphatic heterocycles. The molecule has 5 heteroatoms. The molecular weight excluding hydrogens is 424 g/mol. The summed E-state index contributed by atoms with van der Waals surface area (Å²) < 4.78 is 5.21. The van der Waals surface area contributed by atoms with Crippen molar-refractivity contribution in [3.05, 3.63) is 113 Å². The Morgan fingerprint density at radius 3 is 2.12 bits per heavy atom. The van der Waals surface area contributed by atoms with Crippen molar-refractivity contribution in [2.75, 3.05) is 12.1 Å². The number of methoxy groups -OCH3 is 1. The number of hydrazone groups is 1. The fourth-order valence-corrected chi connectivity index (χ4v) is 5.31. The van der Waals surface area contributed by atoms with Gasteiger partial charge in [0.25, 0.3) is 5.91 Å². The SMILES string of the molecule is COC(=O)C1=C[C@]2(C(=O)N(c3ccccc3)N=C2C)[C@H](c2ccccc2)[C@H]1c1ccc(C)cc1. The number of amides is 1. The van der Waals surface area contributed by atoms with E-state index in [2.05, 4.69) is 0 Å². The zero-order chi connectivity index (χ0) is 23.9. The topological polar surface area (TPSA) is 59.0 Å². The van der Waals surface area contributed by atoms with Crippen LogP contribution in [-0.2, 0) is 14.3 Å². The van der Waals surface area contributed by atoms with E-state index >= 15 is 0 Å². The number of nitrogens with zero attached hydrogens (tertiary/aromatic N) is 2. The van der Waals surface area contributed by atoms with Crippen LogP contribution in [0.4, 0.5) is 5.69 Å². The van der Waals surface area contributed by atoms with Gasteiger partial charge in [-0.05, 0) is 37.1 Å². The molecule has 0 unspecified atom stereocenters. The molecule has 3 atom stereocenters. The second-order valence-electron chi connectivity index (χ2n) is 8.87. The first kappa shape index (κ1) is 21.8. The third-order valence-electron chi connectivity index (χ3n) is 6.95. The van der Waals surface area contributed by atoms with Gasteiger partial charge in [-0.25, -0.2) is 4.79 Å². The van der Waals surface area contributed by atoms with Crippen LogP contribution in [0.3, 0.4) is 0 Å². The van der Waals surface area contributed by atoms with Gasteiger partial charge in [0.1, 0.15) is 5.41 Å². The van der Waals surface area contributed by atoms with Gasteiger partial charge >= 0.3 is 5.97 Å². The predicted octanol–water partition coefficient (Wildman–Crippen LogP) is 5.38. The largest absolute Gasteiger partial charge is 0.466 e. The summed E-state index contributed by atoms with van der Waals surface area (Å²) in [5.41, 5.74) is 3.80. The Bertz CT molecular complexity index is 1300. The highest BCUT2D eigenvalue weighted by atomic mass is 16.5. The molecule has 5 rings (SSSR count). The highest BCUT2D eigenvalue weighted by Gasteiger charge is 2.61. The van der Waals surface area contributed by atoms with Gasteiger partial charge in [-0.3, -0.25) is 4.79 Å². The van der Waals surface area contributed by atoms with Crippen molar-refractivity contribution < 1.29 is 14.3 Å². The van der Waals surface area contributed by atoms with Crippen LogP contribution >= 0.6 is 0 Å². The monoisotopic (exact) mass is 450 g/mol. The molecule has 5 nitrogen and oxygen atoms in total. The Hall–Kier alpha value is -3.99. The molecule has 1 spiro atoms. The Morgan fingerprint density at radius 2 is 1.50 bits per heavy atom. The number of carbonyl (C=O) groups is 2. The summed E-state index contributed by atoms with van der Waals surface area (Å²) in [7, 11) is 1.38. The Kier molecular flexibility index (Phi) is 5.40. The third kappa shape index (κ3) is 3.27. The van der Waals surface area contributed by atoms with Crippen LogP contribution in [0.2, 0.25) is 0 Å². The smallest absolute Gasteiger partial charge is 0.334 e. The third-order valence-corrected chi connectivity index (χ3v) is 6.95. The summed E-state index contributed by atoms with van der Waals surface area (Å²) in [6, 6.07) is 27.5. The number of hydrogen-bond donors (Lipinski definition) is 0. The summed E-state index contributed by atoms with van der Waals surface area (Å²) in [5.74, 6) is -1.31. The van der Waals surface area contributed by atoms with Gasteiger partial charge in [0.05, 0.1) is 18.5 Å². The van der Waals surface area contributed by atoms with Crippen LogP contribution in [0.25, 0.3) is 0 Å². The van der Waals surface area contributed by atoms with Crippen molar-refractivity contribution in [2.24, 2.45) is 10.5 Å². The fraction of sp³-hybridized carbons (Fsp3) is 0.207. The molecule has 170 valence electrons. The average molecular weight is 451 g/mol. The van der Waals surface area contributed by atoms with Crippen molar-refractivity contribution >= 4 is 23.3 Å². The van der Waals surface area contributed by atoms with Crippen LogP contribution < -0.4 is 5.01 Å². The van der Waals surface area contributed by atoms with Crippen molar-refractivity contribution in [3.63, 3.8) is 0 Å². The standard InChI is InChI=1S/C29H26N2O3/c1-19-14-16-21(17-15-19)25-24(27(32)34-3)18-29(26(25)22-10-6-4-7-11-22)20(2)30-31(28(29)33)23-12-8-5-9-13-23/h4-18,25-26H,1-3H3/t25-,26+,29+/m0/s1. The summed E-state index contributed by atoms with van der Waals surface area (Å²) in [5, 5.41) is 6.18. The molecule has 0 saturated heterocycles. The molecule has 34 heavy (non-hydrogen) atoms. The molecule has 3 aromatic carbocycles. The zero-order valence-corrected chi connectivity index (χ0v) is 19.4. The van der Waals surface area contributed by atoms with Crippen molar-refractivity contribution in [3.8, 4) is 0 Å². The molecule has 0 N–H and O–H groups in total. The van der Waals surface area contributed by atoms with Gasteiger partial charge in [-0.1, -0.05) is 84.4 Å². The van der Waals surface area contributed by atoms with Gasteiger partial charge in [0.2, 0.25) is 0 Å². The molecule has 0 radical (unpaired) electrons. The van der Waals surface area contributed by atoms with E-state index in [1.165, 1.54) is 12.1 Å². The van der Waals surface area contributed by atoms with Crippen molar-refractivity contribution in [2.45, 2.75) is 25.7 Å². The lowest BCUT2D eigenvalue weighted by atomic mass is 9.66. The van der Waals surface area contributed by atoms with E-state index in [4.69, 9.17) is 9.84 Å². The van der Waals surface area contributed by atoms with E-state index in [0.29, 0.717) is 17.0 Å². The summed E-state index contributed by atoms with van der Waals surface area (Å²) >= 11 is 0. The van der Waals surface area contributed by atoms with Gasteiger partial charge in [0, 0.05) is 17.4 Å². The highest BCUT2D eigenvalue weighted by Crippen LogP contribution is 2.59. The number of benzene rings is 3. The Balaban J connectivity index is 1.74. The Morgan fingerprint density at radius 1 is 0.882 bits per heavy atom. The van der Waals surface area contributed by atoms with E-state index in [1.807, 2.05) is 105 Å². The fourth-order valence-electron chi connectivity index (χ4n) is 5.31. The van der Waals surface area contributed by atoms with E-state index in [1.54, 1.807) is 0 Å². The number of para-hydroxylation sites is 1. The maximum atomic E-state index is 14.2. The lowest BCUT2D eigenvalue weighted by Crippen LogP contribution is -2.41. The van der Waals surface area contributed by atoms with Crippen molar-refractivity contribution in [1.82, 2.24) is 0 Å². The molecule has 3 aromatic rings. The van der Waals surface area contributed by atoms with Crippen LogP contribution in [0.5, 0.6) is 0 Å². The lowest BCUT2D eigenvalue weighted by molar-refractivity contribution is -0.136. The van der Waals surface area contributed by atoms with Gasteiger partial charge in [-0.2, -0.15) is 10.1 Å². The molecular formula is C29H26N2O3. The molecule has 0 bridgehead atoms. The molecule has 1 heterocycles. The van der Waals surface area contributed by atoms with E-state index in [9.17, 15) is 9.59 Å². The number of hydrogen-bond acceptors (Lipinski definition) is 4. The first-order chi connectivity index (χ1) is 16.5.